The lowest BCUT2D eigenvalue weighted by Gasteiger charge is -2.14. The first-order valence-electron chi connectivity index (χ1n) is 7.30. The maximum atomic E-state index is 12.0. The van der Waals surface area contributed by atoms with Crippen molar-refractivity contribution in [1.29, 1.82) is 5.26 Å². The van der Waals surface area contributed by atoms with Gasteiger partial charge in [0.25, 0.3) is 0 Å². The highest BCUT2D eigenvalue weighted by atomic mass is 35.5. The third-order valence-corrected chi connectivity index (χ3v) is 3.75. The Balaban J connectivity index is 2.52. The molecule has 21 heavy (non-hydrogen) atoms. The number of amides is 1. The van der Waals surface area contributed by atoms with Crippen LogP contribution in [0.2, 0.25) is 5.02 Å². The minimum absolute atomic E-state index is 0.0423. The minimum atomic E-state index is -0.0423. The molecule has 0 aliphatic rings. The maximum absolute atomic E-state index is 12.0. The predicted molar refractivity (Wildman–Crippen MR) is 86.1 cm³/mol. The van der Waals surface area contributed by atoms with Gasteiger partial charge < -0.3 is 11.1 Å². The Hall–Kier alpha value is -1.57. The molecule has 0 bridgehead atoms. The van der Waals surface area contributed by atoms with E-state index in [4.69, 9.17) is 22.6 Å². The molecule has 1 aromatic rings. The highest BCUT2D eigenvalue weighted by Crippen LogP contribution is 2.21. The molecule has 0 fully saturated rings. The van der Waals surface area contributed by atoms with Gasteiger partial charge in [0.1, 0.15) is 6.07 Å². The maximum Gasteiger partial charge on any atom is 0.224 e. The van der Waals surface area contributed by atoms with Gasteiger partial charge in [-0.25, -0.2) is 0 Å². The van der Waals surface area contributed by atoms with Crippen molar-refractivity contribution in [1.82, 2.24) is 0 Å². The van der Waals surface area contributed by atoms with Gasteiger partial charge in [-0.2, -0.15) is 5.26 Å². The first-order chi connectivity index (χ1) is 10.1. The second-order valence-electron chi connectivity index (χ2n) is 5.13. The highest BCUT2D eigenvalue weighted by Gasteiger charge is 2.11. The number of carbonyl (C=O) groups excluding carboxylic acids is 1. The zero-order valence-electron chi connectivity index (χ0n) is 12.4. The molecule has 0 radical (unpaired) electrons. The number of benzene rings is 1. The Morgan fingerprint density at radius 1 is 1.43 bits per heavy atom. The summed E-state index contributed by atoms with van der Waals surface area (Å²) in [4.78, 5) is 12.0. The lowest BCUT2D eigenvalue weighted by Crippen LogP contribution is -2.15. The molecule has 1 rings (SSSR count). The molecule has 5 heteroatoms. The number of anilines is 1. The van der Waals surface area contributed by atoms with Gasteiger partial charge in [-0.15, -0.1) is 0 Å². The molecule has 0 aliphatic heterocycles. The molecule has 1 unspecified atom stereocenters. The number of hydrogen-bond donors (Lipinski definition) is 2. The summed E-state index contributed by atoms with van der Waals surface area (Å²) in [6.45, 7) is 2.80. The number of nitrogens with zero attached hydrogens (tertiary/aromatic N) is 1. The molecule has 1 atom stereocenters. The van der Waals surface area contributed by atoms with Crippen LogP contribution in [-0.4, -0.2) is 12.5 Å². The molecule has 114 valence electrons. The Bertz CT molecular complexity index is 505. The average Bonchev–Trinajstić information content (AvgIpc) is 2.47. The van der Waals surface area contributed by atoms with E-state index in [1.165, 1.54) is 0 Å². The molecule has 0 heterocycles. The van der Waals surface area contributed by atoms with Crippen LogP contribution in [-0.2, 0) is 4.79 Å². The number of nitrogens with two attached hydrogens (primary N) is 1. The van der Waals surface area contributed by atoms with Crippen molar-refractivity contribution in [3.63, 3.8) is 0 Å². The van der Waals surface area contributed by atoms with Crippen LogP contribution in [0.5, 0.6) is 0 Å². The van der Waals surface area contributed by atoms with Crippen molar-refractivity contribution in [2.75, 3.05) is 11.9 Å². The Kier molecular flexibility index (Phi) is 7.81. The molecular weight excluding hydrogens is 286 g/mol. The quantitative estimate of drug-likeness (QED) is 0.768. The van der Waals surface area contributed by atoms with Crippen LogP contribution in [0.15, 0.2) is 18.2 Å². The summed E-state index contributed by atoms with van der Waals surface area (Å²) in [6, 6.07) is 6.90. The third-order valence-electron chi connectivity index (χ3n) is 3.42. The van der Waals surface area contributed by atoms with Crippen molar-refractivity contribution in [2.24, 2.45) is 11.7 Å². The molecule has 1 aromatic carbocycles. The summed E-state index contributed by atoms with van der Waals surface area (Å²) >= 11 is 5.86. The van der Waals surface area contributed by atoms with Crippen molar-refractivity contribution in [2.45, 2.75) is 39.0 Å². The van der Waals surface area contributed by atoms with E-state index < -0.39 is 0 Å². The van der Waals surface area contributed by atoms with E-state index in [2.05, 4.69) is 12.2 Å². The number of hydrogen-bond acceptors (Lipinski definition) is 3. The van der Waals surface area contributed by atoms with Crippen LogP contribution in [0.3, 0.4) is 0 Å². The van der Waals surface area contributed by atoms with Crippen LogP contribution < -0.4 is 11.1 Å². The number of halogens is 1. The highest BCUT2D eigenvalue weighted by molar-refractivity contribution is 6.31. The Labute approximate surface area is 131 Å². The predicted octanol–water partition coefficient (Wildman–Crippen LogP) is 3.70. The summed E-state index contributed by atoms with van der Waals surface area (Å²) in [5.41, 5.74) is 6.56. The zero-order chi connectivity index (χ0) is 15.7. The second kappa shape index (κ2) is 9.38. The molecule has 0 aromatic heterocycles. The summed E-state index contributed by atoms with van der Waals surface area (Å²) in [5.74, 6) is 0.463. The van der Waals surface area contributed by atoms with Crippen LogP contribution in [0.25, 0.3) is 0 Å². The van der Waals surface area contributed by atoms with Gasteiger partial charge >= 0.3 is 0 Å². The van der Waals surface area contributed by atoms with Crippen molar-refractivity contribution in [3.8, 4) is 6.07 Å². The van der Waals surface area contributed by atoms with Gasteiger partial charge in [-0.05, 0) is 43.5 Å². The lowest BCUT2D eigenvalue weighted by molar-refractivity contribution is -0.116. The van der Waals surface area contributed by atoms with Gasteiger partial charge in [0.2, 0.25) is 5.91 Å². The van der Waals surface area contributed by atoms with E-state index in [9.17, 15) is 4.79 Å². The van der Waals surface area contributed by atoms with E-state index in [-0.39, 0.29) is 5.91 Å². The van der Waals surface area contributed by atoms with Crippen LogP contribution in [0.4, 0.5) is 5.69 Å². The van der Waals surface area contributed by atoms with Crippen LogP contribution >= 0.6 is 11.6 Å². The van der Waals surface area contributed by atoms with Crippen LogP contribution in [0.1, 0.15) is 44.6 Å². The molecule has 4 nitrogen and oxygen atoms in total. The molecule has 1 amide bonds. The summed E-state index contributed by atoms with van der Waals surface area (Å²) in [7, 11) is 0. The molecular formula is C16H22ClN3O. The SMILES string of the molecule is CCCC(CCN)CCC(=O)Nc1ccc(Cl)c(C#N)c1. The molecule has 3 N–H and O–H groups in total. The van der Waals surface area contributed by atoms with Gasteiger partial charge in [-0.1, -0.05) is 31.4 Å². The van der Waals surface area contributed by atoms with Crippen molar-refractivity contribution >= 4 is 23.2 Å². The molecule has 0 saturated heterocycles. The van der Waals surface area contributed by atoms with E-state index >= 15 is 0 Å². The largest absolute Gasteiger partial charge is 0.330 e. The van der Waals surface area contributed by atoms with E-state index in [0.717, 1.165) is 25.7 Å². The first-order valence-corrected chi connectivity index (χ1v) is 7.68. The fourth-order valence-corrected chi connectivity index (χ4v) is 2.48. The number of carbonyl (C=O) groups is 1. The minimum Gasteiger partial charge on any atom is -0.330 e. The average molecular weight is 308 g/mol. The number of nitrogens with one attached hydrogen (secondary N) is 1. The standard InChI is InChI=1S/C16H22ClN3O/c1-2-3-12(8-9-18)4-7-16(21)20-14-5-6-15(17)13(10-14)11-19/h5-6,10,12H,2-4,7-9,18H2,1H3,(H,20,21). The Morgan fingerprint density at radius 3 is 2.81 bits per heavy atom. The molecule has 0 spiro atoms. The second-order valence-corrected chi connectivity index (χ2v) is 5.53. The topological polar surface area (TPSA) is 78.9 Å². The fourth-order valence-electron chi connectivity index (χ4n) is 2.32. The molecule has 0 saturated carbocycles. The van der Waals surface area contributed by atoms with Gasteiger partial charge in [-0.3, -0.25) is 4.79 Å². The van der Waals surface area contributed by atoms with Crippen molar-refractivity contribution in [3.05, 3.63) is 28.8 Å². The summed E-state index contributed by atoms with van der Waals surface area (Å²) < 4.78 is 0. The smallest absolute Gasteiger partial charge is 0.224 e. The monoisotopic (exact) mass is 307 g/mol. The normalized spacial score (nSPS) is 11.7. The van der Waals surface area contributed by atoms with Crippen LogP contribution in [0, 0.1) is 17.2 Å². The van der Waals surface area contributed by atoms with E-state index in [1.54, 1.807) is 18.2 Å². The van der Waals surface area contributed by atoms with Gasteiger partial charge in [0.05, 0.1) is 10.6 Å². The summed E-state index contributed by atoms with van der Waals surface area (Å²) in [5, 5.41) is 12.1. The first kappa shape index (κ1) is 17.5. The lowest BCUT2D eigenvalue weighted by atomic mass is 9.94. The third kappa shape index (κ3) is 6.16. The number of rotatable bonds is 8. The van der Waals surface area contributed by atoms with E-state index in [1.807, 2.05) is 6.07 Å². The van der Waals surface area contributed by atoms with E-state index in [0.29, 0.717) is 35.2 Å². The zero-order valence-corrected chi connectivity index (χ0v) is 13.1. The van der Waals surface area contributed by atoms with Gasteiger partial charge in [0, 0.05) is 12.1 Å². The van der Waals surface area contributed by atoms with Gasteiger partial charge in [0.15, 0.2) is 0 Å². The fraction of sp³-hybridized carbons (Fsp3) is 0.500. The molecule has 0 aliphatic carbocycles. The number of nitriles is 1. The van der Waals surface area contributed by atoms with Crippen molar-refractivity contribution < 1.29 is 4.79 Å². The Morgan fingerprint density at radius 2 is 2.19 bits per heavy atom. The summed E-state index contributed by atoms with van der Waals surface area (Å²) in [6.07, 6.45) is 4.48.